The van der Waals surface area contributed by atoms with Gasteiger partial charge in [-0.1, -0.05) is 78.7 Å². The highest BCUT2D eigenvalue weighted by Crippen LogP contribution is 2.55. The van der Waals surface area contributed by atoms with Crippen LogP contribution in [0.25, 0.3) is 11.3 Å². The smallest absolute Gasteiger partial charge is 0.389 e. The molecule has 3 aromatic carbocycles. The molecule has 0 amide bonds. The molecule has 33 heavy (non-hydrogen) atoms. The van der Waals surface area contributed by atoms with Crippen molar-refractivity contribution in [3.05, 3.63) is 112 Å². The predicted octanol–water partition coefficient (Wildman–Crippen LogP) is 8.27. The molecule has 1 saturated carbocycles. The third-order valence-corrected chi connectivity index (χ3v) is 8.51. The van der Waals surface area contributed by atoms with Crippen molar-refractivity contribution in [1.82, 2.24) is 0 Å². The minimum absolute atomic E-state index is 0.0120. The Morgan fingerprint density at radius 1 is 0.758 bits per heavy atom. The first kappa shape index (κ1) is 20.8. The van der Waals surface area contributed by atoms with Crippen LogP contribution in [0, 0.1) is 0 Å². The highest BCUT2D eigenvalue weighted by Gasteiger charge is 2.56. The topological polar surface area (TPSA) is 12.2 Å². The van der Waals surface area contributed by atoms with E-state index in [4.69, 9.17) is 16.3 Å². The summed E-state index contributed by atoms with van der Waals surface area (Å²) in [7, 11) is 0. The summed E-state index contributed by atoms with van der Waals surface area (Å²) in [5.74, 6) is 1.84. The first-order valence-electron chi connectivity index (χ1n) is 11.6. The predicted molar refractivity (Wildman–Crippen MR) is 139 cm³/mol. The first-order valence-corrected chi connectivity index (χ1v) is 12.8. The van der Waals surface area contributed by atoms with E-state index in [0.717, 1.165) is 40.6 Å². The van der Waals surface area contributed by atoms with Crippen LogP contribution in [0.3, 0.4) is 0 Å². The summed E-state index contributed by atoms with van der Waals surface area (Å²) < 4.78 is 9.25. The van der Waals surface area contributed by atoms with E-state index in [1.54, 1.807) is 0 Å². The zero-order chi connectivity index (χ0) is 22.3. The quantitative estimate of drug-likeness (QED) is 0.357. The van der Waals surface area contributed by atoms with Crippen molar-refractivity contribution < 1.29 is 9.31 Å². The molecule has 0 aromatic heterocycles. The number of allylic oxidation sites excluding steroid dienone is 2. The molecule has 6 rings (SSSR count). The molecule has 0 unspecified atom stereocenters. The number of hydrogen-bond acceptors (Lipinski definition) is 2. The SMILES string of the molecule is Clc1ccc(C2=C3SC4(CCCCC4)[N+](c4ccccc4)=C3OC(c3ccccc3)=C2)cc1. The zero-order valence-corrected chi connectivity index (χ0v) is 19.9. The van der Waals surface area contributed by atoms with Gasteiger partial charge in [-0.25, -0.2) is 0 Å². The molecular weight excluding hydrogens is 446 g/mol. The maximum absolute atomic E-state index is 6.77. The van der Waals surface area contributed by atoms with Gasteiger partial charge in [0.15, 0.2) is 0 Å². The number of hydrogen-bond donors (Lipinski definition) is 0. The van der Waals surface area contributed by atoms with Gasteiger partial charge in [-0.2, -0.15) is 0 Å². The first-order chi connectivity index (χ1) is 16.2. The molecule has 1 spiro atoms. The Morgan fingerprint density at radius 2 is 1.42 bits per heavy atom. The second-order valence-corrected chi connectivity index (χ2v) is 10.6. The highest BCUT2D eigenvalue weighted by atomic mass is 35.5. The number of benzene rings is 3. The Kier molecular flexibility index (Phi) is 5.40. The molecule has 4 heteroatoms. The summed E-state index contributed by atoms with van der Waals surface area (Å²) in [4.78, 5) is 1.21. The van der Waals surface area contributed by atoms with Crippen LogP contribution < -0.4 is 0 Å². The van der Waals surface area contributed by atoms with Crippen molar-refractivity contribution in [2.24, 2.45) is 0 Å². The number of thioether (sulfide) groups is 1. The molecule has 2 heterocycles. The maximum atomic E-state index is 6.77. The molecule has 0 radical (unpaired) electrons. The summed E-state index contributed by atoms with van der Waals surface area (Å²) in [5, 5.41) is 0.751. The normalized spacial score (nSPS) is 19.4. The standard InChI is InChI=1S/C29H25ClNOS/c30-23-16-14-21(15-17-23)25-20-26(22-10-4-1-5-11-22)32-28-27(25)33-29(18-8-3-9-19-29)31(28)24-12-6-2-7-13-24/h1-2,4-7,10-17,20H,3,8-9,18-19H2/q+1. The van der Waals surface area contributed by atoms with E-state index in [0.29, 0.717) is 0 Å². The molecule has 0 bridgehead atoms. The van der Waals surface area contributed by atoms with Crippen molar-refractivity contribution in [3.8, 4) is 0 Å². The number of para-hydroxylation sites is 1. The molecule has 2 nitrogen and oxygen atoms in total. The Labute approximate surface area is 204 Å². The van der Waals surface area contributed by atoms with Crippen LogP contribution in [0.1, 0.15) is 43.2 Å². The van der Waals surface area contributed by atoms with Crippen molar-refractivity contribution in [3.63, 3.8) is 0 Å². The van der Waals surface area contributed by atoms with Gasteiger partial charge in [0.2, 0.25) is 10.6 Å². The Balaban J connectivity index is 1.61. The van der Waals surface area contributed by atoms with Gasteiger partial charge in [-0.05, 0) is 48.4 Å². The van der Waals surface area contributed by atoms with Gasteiger partial charge in [0.25, 0.3) is 0 Å². The molecular formula is C29H25ClNOS+. The lowest BCUT2D eigenvalue weighted by Crippen LogP contribution is -2.37. The molecule has 3 aliphatic rings. The fourth-order valence-corrected chi connectivity index (χ4v) is 6.89. The molecule has 0 atom stereocenters. The number of rotatable bonds is 3. The summed E-state index contributed by atoms with van der Waals surface area (Å²) >= 11 is 8.22. The van der Waals surface area contributed by atoms with E-state index < -0.39 is 0 Å². The van der Waals surface area contributed by atoms with Gasteiger partial charge in [-0.15, -0.1) is 4.58 Å². The minimum Gasteiger partial charge on any atom is -0.404 e. The lowest BCUT2D eigenvalue weighted by atomic mass is 9.93. The van der Waals surface area contributed by atoms with Gasteiger partial charge >= 0.3 is 5.90 Å². The lowest BCUT2D eigenvalue weighted by molar-refractivity contribution is -0.509. The molecule has 0 N–H and O–H groups in total. The molecule has 3 aromatic rings. The summed E-state index contributed by atoms with van der Waals surface area (Å²) in [6, 6.07) is 29.3. The average molecular weight is 471 g/mol. The van der Waals surface area contributed by atoms with E-state index in [-0.39, 0.29) is 4.87 Å². The highest BCUT2D eigenvalue weighted by molar-refractivity contribution is 8.05. The van der Waals surface area contributed by atoms with E-state index >= 15 is 0 Å². The number of fused-ring (bicyclic) bond motifs is 1. The van der Waals surface area contributed by atoms with Crippen molar-refractivity contribution in [2.75, 3.05) is 0 Å². The number of halogens is 1. The third kappa shape index (κ3) is 3.74. The van der Waals surface area contributed by atoms with Crippen LogP contribution in [0.5, 0.6) is 0 Å². The van der Waals surface area contributed by atoms with Gasteiger partial charge < -0.3 is 4.74 Å². The van der Waals surface area contributed by atoms with Gasteiger partial charge in [0.05, 0.1) is 0 Å². The third-order valence-electron chi connectivity index (χ3n) is 6.69. The van der Waals surface area contributed by atoms with E-state index in [1.165, 1.54) is 35.4 Å². The van der Waals surface area contributed by atoms with E-state index in [1.807, 2.05) is 30.0 Å². The van der Waals surface area contributed by atoms with Crippen LogP contribution >= 0.6 is 23.4 Å². The summed E-state index contributed by atoms with van der Waals surface area (Å²) in [6.45, 7) is 0. The number of ether oxygens (including phenoxy) is 1. The van der Waals surface area contributed by atoms with Crippen LogP contribution in [-0.2, 0) is 4.74 Å². The van der Waals surface area contributed by atoms with Crippen molar-refractivity contribution in [2.45, 2.75) is 37.0 Å². The van der Waals surface area contributed by atoms with Crippen LogP contribution in [-0.4, -0.2) is 15.3 Å². The van der Waals surface area contributed by atoms with E-state index in [9.17, 15) is 0 Å². The Morgan fingerprint density at radius 3 is 2.12 bits per heavy atom. The molecule has 164 valence electrons. The largest absolute Gasteiger partial charge is 0.404 e. The van der Waals surface area contributed by atoms with Gasteiger partial charge in [-0.3, -0.25) is 0 Å². The fourth-order valence-electron chi connectivity index (χ4n) is 5.11. The molecule has 2 aliphatic heterocycles. The zero-order valence-electron chi connectivity index (χ0n) is 18.3. The van der Waals surface area contributed by atoms with Crippen molar-refractivity contribution in [1.29, 1.82) is 0 Å². The van der Waals surface area contributed by atoms with E-state index in [2.05, 4.69) is 77.4 Å². The molecule has 0 saturated heterocycles. The van der Waals surface area contributed by atoms with Crippen LogP contribution in [0.2, 0.25) is 5.02 Å². The van der Waals surface area contributed by atoms with Crippen molar-refractivity contribution >= 4 is 46.3 Å². The average Bonchev–Trinajstić information content (AvgIpc) is 3.18. The Hall–Kier alpha value is -2.75. The van der Waals surface area contributed by atoms with Crippen LogP contribution in [0.15, 0.2) is 95.9 Å². The summed E-state index contributed by atoms with van der Waals surface area (Å²) in [6.07, 6.45) is 8.29. The second kappa shape index (κ2) is 8.55. The number of nitrogens with zero attached hydrogens (tertiary/aromatic N) is 1. The lowest BCUT2D eigenvalue weighted by Gasteiger charge is -2.28. The summed E-state index contributed by atoms with van der Waals surface area (Å²) in [5.41, 5.74) is 4.65. The Bertz CT molecular complexity index is 1270. The van der Waals surface area contributed by atoms with Gasteiger partial charge in [0, 0.05) is 41.1 Å². The fraction of sp³-hybridized carbons (Fsp3) is 0.207. The van der Waals surface area contributed by atoms with Crippen LogP contribution in [0.4, 0.5) is 5.69 Å². The molecule has 1 fully saturated rings. The minimum atomic E-state index is -0.0120. The second-order valence-electron chi connectivity index (χ2n) is 8.81. The molecule has 1 aliphatic carbocycles. The van der Waals surface area contributed by atoms with Gasteiger partial charge in [0.1, 0.15) is 10.7 Å². The monoisotopic (exact) mass is 470 g/mol. The maximum Gasteiger partial charge on any atom is 0.389 e.